The smallest absolute Gasteiger partial charge is 0.289 e. The van der Waals surface area contributed by atoms with Gasteiger partial charge in [-0.2, -0.15) is 5.10 Å². The Morgan fingerprint density at radius 1 is 1.19 bits per heavy atom. The van der Waals surface area contributed by atoms with E-state index in [1.807, 2.05) is 0 Å². The van der Waals surface area contributed by atoms with Crippen LogP contribution < -0.4 is 10.2 Å². The molecule has 2 heterocycles. The van der Waals surface area contributed by atoms with Gasteiger partial charge in [0.05, 0.1) is 19.4 Å². The van der Waals surface area contributed by atoms with Crippen molar-refractivity contribution in [1.82, 2.24) is 15.3 Å². The number of nitrogens with one attached hydrogen (secondary N) is 1. The van der Waals surface area contributed by atoms with Gasteiger partial charge >= 0.3 is 0 Å². The van der Waals surface area contributed by atoms with Crippen LogP contribution in [-0.4, -0.2) is 60.8 Å². The number of rotatable bonds is 6. The largest absolute Gasteiger partial charge is 0.484 e. The summed E-state index contributed by atoms with van der Waals surface area (Å²) in [5, 5.41) is 3.90. The summed E-state index contributed by atoms with van der Waals surface area (Å²) in [4.78, 5) is 29.5. The number of pyridine rings is 1. The standard InChI is InChI=1S/C19H20N4O4/c24-18(23-9-11-26-12-10-23)14-27-16-6-4-15(5-7-16)13-21-22-19(25)17-3-1-2-8-20-17/h1-8,13H,9-12,14H2,(H,22,25)/b21-13-. The predicted octanol–water partition coefficient (Wildman–Crippen LogP) is 1.08. The molecule has 140 valence electrons. The lowest BCUT2D eigenvalue weighted by atomic mass is 10.2. The van der Waals surface area contributed by atoms with Gasteiger partial charge < -0.3 is 14.4 Å². The topological polar surface area (TPSA) is 93.1 Å². The SMILES string of the molecule is O=C(N/N=C\c1ccc(OCC(=O)N2CCOCC2)cc1)c1ccccn1. The number of ether oxygens (including phenoxy) is 2. The van der Waals surface area contributed by atoms with Crippen molar-refractivity contribution in [3.63, 3.8) is 0 Å². The quantitative estimate of drug-likeness (QED) is 0.608. The number of hydrogen-bond acceptors (Lipinski definition) is 6. The lowest BCUT2D eigenvalue weighted by molar-refractivity contribution is -0.137. The molecule has 3 rings (SSSR count). The van der Waals surface area contributed by atoms with Gasteiger partial charge in [-0.25, -0.2) is 5.43 Å². The van der Waals surface area contributed by atoms with E-state index in [2.05, 4.69) is 15.5 Å². The number of hydrazone groups is 1. The third-order valence-corrected chi connectivity index (χ3v) is 3.88. The van der Waals surface area contributed by atoms with Crippen molar-refractivity contribution in [3.8, 4) is 5.75 Å². The molecular weight excluding hydrogens is 348 g/mol. The maximum Gasteiger partial charge on any atom is 0.289 e. The summed E-state index contributed by atoms with van der Waals surface area (Å²) in [6.07, 6.45) is 3.06. The van der Waals surface area contributed by atoms with Crippen molar-refractivity contribution >= 4 is 18.0 Å². The van der Waals surface area contributed by atoms with Gasteiger partial charge in [0.25, 0.3) is 11.8 Å². The molecule has 8 nitrogen and oxygen atoms in total. The molecule has 0 atom stereocenters. The fraction of sp³-hybridized carbons (Fsp3) is 0.263. The number of carbonyl (C=O) groups excluding carboxylic acids is 2. The Morgan fingerprint density at radius 2 is 1.96 bits per heavy atom. The average molecular weight is 368 g/mol. The third kappa shape index (κ3) is 5.61. The summed E-state index contributed by atoms with van der Waals surface area (Å²) in [5.74, 6) is 0.154. The highest BCUT2D eigenvalue weighted by molar-refractivity contribution is 5.93. The van der Waals surface area contributed by atoms with Crippen LogP contribution in [0.15, 0.2) is 53.8 Å². The molecule has 0 spiro atoms. The van der Waals surface area contributed by atoms with Crippen molar-refractivity contribution in [3.05, 3.63) is 59.9 Å². The van der Waals surface area contributed by atoms with Crippen LogP contribution in [-0.2, 0) is 9.53 Å². The van der Waals surface area contributed by atoms with Gasteiger partial charge in [0.1, 0.15) is 11.4 Å². The molecule has 1 aliphatic rings. The van der Waals surface area contributed by atoms with Gasteiger partial charge in [-0.3, -0.25) is 14.6 Å². The molecule has 1 aliphatic heterocycles. The van der Waals surface area contributed by atoms with Crippen LogP contribution in [0, 0.1) is 0 Å². The fourth-order valence-electron chi connectivity index (χ4n) is 2.42. The summed E-state index contributed by atoms with van der Waals surface area (Å²) in [6, 6.07) is 12.1. The fourth-order valence-corrected chi connectivity index (χ4v) is 2.42. The Bertz CT molecular complexity index is 787. The average Bonchev–Trinajstić information content (AvgIpc) is 2.74. The molecule has 1 aromatic carbocycles. The van der Waals surface area contributed by atoms with E-state index in [9.17, 15) is 9.59 Å². The molecular formula is C19H20N4O4. The van der Waals surface area contributed by atoms with Crippen LogP contribution in [0.25, 0.3) is 0 Å². The summed E-state index contributed by atoms with van der Waals surface area (Å²) < 4.78 is 10.7. The van der Waals surface area contributed by atoms with Gasteiger partial charge in [0.15, 0.2) is 6.61 Å². The van der Waals surface area contributed by atoms with E-state index >= 15 is 0 Å². The minimum Gasteiger partial charge on any atom is -0.484 e. The molecule has 0 unspecified atom stereocenters. The molecule has 0 aliphatic carbocycles. The van der Waals surface area contributed by atoms with Gasteiger partial charge in [-0.15, -0.1) is 0 Å². The van der Waals surface area contributed by atoms with Crippen molar-refractivity contribution < 1.29 is 19.1 Å². The number of aromatic nitrogens is 1. The summed E-state index contributed by atoms with van der Waals surface area (Å²) in [5.41, 5.74) is 3.49. The van der Waals surface area contributed by atoms with E-state index in [0.717, 1.165) is 5.56 Å². The number of amides is 2. The minimum atomic E-state index is -0.381. The first-order valence-electron chi connectivity index (χ1n) is 8.55. The van der Waals surface area contributed by atoms with Crippen molar-refractivity contribution in [1.29, 1.82) is 0 Å². The Hall–Kier alpha value is -3.26. The first-order chi connectivity index (χ1) is 13.2. The van der Waals surface area contributed by atoms with Crippen LogP contribution in [0.2, 0.25) is 0 Å². The molecule has 1 fully saturated rings. The molecule has 1 N–H and O–H groups in total. The summed E-state index contributed by atoms with van der Waals surface area (Å²) in [7, 11) is 0. The van der Waals surface area contributed by atoms with Crippen molar-refractivity contribution in [2.75, 3.05) is 32.9 Å². The zero-order valence-corrected chi connectivity index (χ0v) is 14.7. The maximum absolute atomic E-state index is 12.0. The van der Waals surface area contributed by atoms with Crippen LogP contribution in [0.5, 0.6) is 5.75 Å². The van der Waals surface area contributed by atoms with E-state index < -0.39 is 0 Å². The maximum atomic E-state index is 12.0. The number of nitrogens with zero attached hydrogens (tertiary/aromatic N) is 3. The number of hydrogen-bond donors (Lipinski definition) is 1. The molecule has 0 bridgehead atoms. The Kier molecular flexibility index (Phi) is 6.48. The minimum absolute atomic E-state index is 0.00638. The zero-order chi connectivity index (χ0) is 18.9. The second kappa shape index (κ2) is 9.44. The monoisotopic (exact) mass is 368 g/mol. The molecule has 0 saturated carbocycles. The highest BCUT2D eigenvalue weighted by Gasteiger charge is 2.17. The van der Waals surface area contributed by atoms with Crippen LogP contribution in [0.1, 0.15) is 16.1 Å². The first-order valence-corrected chi connectivity index (χ1v) is 8.55. The van der Waals surface area contributed by atoms with Crippen LogP contribution in [0.4, 0.5) is 0 Å². The van der Waals surface area contributed by atoms with Crippen LogP contribution >= 0.6 is 0 Å². The van der Waals surface area contributed by atoms with E-state index in [4.69, 9.17) is 9.47 Å². The molecule has 1 saturated heterocycles. The molecule has 2 amide bonds. The van der Waals surface area contributed by atoms with E-state index in [0.29, 0.717) is 37.7 Å². The van der Waals surface area contributed by atoms with Crippen molar-refractivity contribution in [2.24, 2.45) is 5.10 Å². The van der Waals surface area contributed by atoms with Gasteiger partial charge in [0.2, 0.25) is 0 Å². The van der Waals surface area contributed by atoms with Crippen LogP contribution in [0.3, 0.4) is 0 Å². The van der Waals surface area contributed by atoms with E-state index in [-0.39, 0.29) is 18.4 Å². The molecule has 0 radical (unpaired) electrons. The first kappa shape index (κ1) is 18.5. The molecule has 1 aromatic heterocycles. The summed E-state index contributed by atoms with van der Waals surface area (Å²) >= 11 is 0. The molecule has 27 heavy (non-hydrogen) atoms. The molecule has 2 aromatic rings. The second-order valence-electron chi connectivity index (χ2n) is 5.76. The second-order valence-corrected chi connectivity index (χ2v) is 5.76. The lowest BCUT2D eigenvalue weighted by Crippen LogP contribution is -2.42. The lowest BCUT2D eigenvalue weighted by Gasteiger charge is -2.26. The van der Waals surface area contributed by atoms with Crippen molar-refractivity contribution in [2.45, 2.75) is 0 Å². The number of carbonyl (C=O) groups is 2. The van der Waals surface area contributed by atoms with Gasteiger partial charge in [0, 0.05) is 19.3 Å². The number of benzene rings is 1. The third-order valence-electron chi connectivity index (χ3n) is 3.88. The van der Waals surface area contributed by atoms with Gasteiger partial charge in [-0.1, -0.05) is 6.07 Å². The Morgan fingerprint density at radius 3 is 2.67 bits per heavy atom. The summed E-state index contributed by atoms with van der Waals surface area (Å²) in [6.45, 7) is 2.32. The normalized spacial score (nSPS) is 14.1. The van der Waals surface area contributed by atoms with Gasteiger partial charge in [-0.05, 0) is 42.0 Å². The number of morpholine rings is 1. The highest BCUT2D eigenvalue weighted by Crippen LogP contribution is 2.11. The Balaban J connectivity index is 1.45. The van der Waals surface area contributed by atoms with E-state index in [1.54, 1.807) is 53.6 Å². The predicted molar refractivity (Wildman–Crippen MR) is 98.6 cm³/mol. The zero-order valence-electron chi connectivity index (χ0n) is 14.7. The Labute approximate surface area is 156 Å². The highest BCUT2D eigenvalue weighted by atomic mass is 16.5. The molecule has 8 heteroatoms. The van der Waals surface area contributed by atoms with E-state index in [1.165, 1.54) is 6.21 Å².